The molecule has 4 nitrogen and oxygen atoms in total. The summed E-state index contributed by atoms with van der Waals surface area (Å²) in [7, 11) is 0. The third-order valence-electron chi connectivity index (χ3n) is 0.793. The third kappa shape index (κ3) is 8.42. The van der Waals surface area contributed by atoms with E-state index in [9.17, 15) is 9.59 Å². The van der Waals surface area contributed by atoms with Gasteiger partial charge in [0.1, 0.15) is 0 Å². The number of rotatable bonds is 4. The van der Waals surface area contributed by atoms with Crippen molar-refractivity contribution in [3.8, 4) is 0 Å². The van der Waals surface area contributed by atoms with Crippen LogP contribution in [0.5, 0.6) is 0 Å². The summed E-state index contributed by atoms with van der Waals surface area (Å²) in [6.07, 6.45) is 4.97. The Morgan fingerprint density at radius 1 is 1.00 bits per heavy atom. The first-order chi connectivity index (χ1) is 5.13. The van der Waals surface area contributed by atoms with Crippen LogP contribution >= 0.6 is 0 Å². The van der Waals surface area contributed by atoms with E-state index in [4.69, 9.17) is 10.2 Å². The fourth-order valence-electron chi connectivity index (χ4n) is 0.416. The molecule has 0 spiro atoms. The van der Waals surface area contributed by atoms with Gasteiger partial charge in [-0.05, 0) is 6.42 Å². The zero-order chi connectivity index (χ0) is 8.69. The van der Waals surface area contributed by atoms with Crippen LogP contribution in [0.15, 0.2) is 24.3 Å². The average Bonchev–Trinajstić information content (AvgIpc) is 1.85. The maximum Gasteiger partial charge on any atom is 0.327 e. The van der Waals surface area contributed by atoms with Gasteiger partial charge in [0.2, 0.25) is 0 Å². The highest BCUT2D eigenvalue weighted by Crippen LogP contribution is 1.85. The molecule has 0 aliphatic heterocycles. The molecule has 0 aliphatic carbocycles. The predicted molar refractivity (Wildman–Crippen MR) is 38.2 cm³/mol. The first-order valence-corrected chi connectivity index (χ1v) is 2.92. The van der Waals surface area contributed by atoms with Crippen LogP contribution in [0, 0.1) is 0 Å². The van der Waals surface area contributed by atoms with E-state index in [1.165, 1.54) is 12.2 Å². The maximum absolute atomic E-state index is 9.87. The van der Waals surface area contributed by atoms with Crippen LogP contribution in [0.25, 0.3) is 0 Å². The molecule has 0 fully saturated rings. The molecule has 0 saturated heterocycles. The second kappa shape index (κ2) is 5.22. The van der Waals surface area contributed by atoms with Crippen LogP contribution < -0.4 is 0 Å². The SMILES string of the molecule is O=C(O)/C=C/C/C=C/C(=O)O. The molecule has 0 bridgehead atoms. The van der Waals surface area contributed by atoms with Crippen molar-refractivity contribution in [3.63, 3.8) is 0 Å². The summed E-state index contributed by atoms with van der Waals surface area (Å²) in [5.41, 5.74) is 0. The molecular weight excluding hydrogens is 148 g/mol. The van der Waals surface area contributed by atoms with Gasteiger partial charge in [-0.25, -0.2) is 9.59 Å². The van der Waals surface area contributed by atoms with Gasteiger partial charge in [0.25, 0.3) is 0 Å². The number of carbonyl (C=O) groups is 2. The van der Waals surface area contributed by atoms with Gasteiger partial charge in [-0.15, -0.1) is 0 Å². The minimum atomic E-state index is -1.03. The number of carboxylic acid groups (broad SMARTS) is 2. The van der Waals surface area contributed by atoms with Gasteiger partial charge in [0.05, 0.1) is 0 Å². The summed E-state index contributed by atoms with van der Waals surface area (Å²) in [6, 6.07) is 0. The minimum Gasteiger partial charge on any atom is -0.478 e. The van der Waals surface area contributed by atoms with Gasteiger partial charge < -0.3 is 10.2 Å². The predicted octanol–water partition coefficient (Wildman–Crippen LogP) is 0.658. The molecule has 0 aromatic rings. The highest BCUT2D eigenvalue weighted by Gasteiger charge is 1.84. The molecule has 0 unspecified atom stereocenters. The molecule has 0 aromatic carbocycles. The normalized spacial score (nSPS) is 10.9. The molecule has 60 valence electrons. The molecular formula is C7H8O4. The van der Waals surface area contributed by atoms with E-state index >= 15 is 0 Å². The topological polar surface area (TPSA) is 74.6 Å². The van der Waals surface area contributed by atoms with Crippen LogP contribution in [-0.2, 0) is 9.59 Å². The Hall–Kier alpha value is -1.58. The minimum absolute atomic E-state index is 0.318. The monoisotopic (exact) mass is 156 g/mol. The Kier molecular flexibility index (Phi) is 4.47. The number of aliphatic carboxylic acids is 2. The van der Waals surface area contributed by atoms with Crippen molar-refractivity contribution in [1.82, 2.24) is 0 Å². The quantitative estimate of drug-likeness (QED) is 0.586. The maximum atomic E-state index is 9.87. The molecule has 11 heavy (non-hydrogen) atoms. The van der Waals surface area contributed by atoms with Crippen molar-refractivity contribution < 1.29 is 19.8 Å². The van der Waals surface area contributed by atoms with E-state index in [0.29, 0.717) is 6.42 Å². The lowest BCUT2D eigenvalue weighted by Crippen LogP contribution is -1.86. The highest BCUT2D eigenvalue weighted by molar-refractivity contribution is 5.80. The molecule has 0 amide bonds. The Morgan fingerprint density at radius 3 is 1.64 bits per heavy atom. The fourth-order valence-corrected chi connectivity index (χ4v) is 0.416. The lowest BCUT2D eigenvalue weighted by atomic mass is 10.3. The van der Waals surface area contributed by atoms with E-state index in [1.54, 1.807) is 0 Å². The van der Waals surface area contributed by atoms with E-state index in [0.717, 1.165) is 12.2 Å². The summed E-state index contributed by atoms with van der Waals surface area (Å²) < 4.78 is 0. The van der Waals surface area contributed by atoms with Crippen LogP contribution in [-0.4, -0.2) is 22.2 Å². The van der Waals surface area contributed by atoms with Gasteiger partial charge in [-0.3, -0.25) is 0 Å². The first-order valence-electron chi connectivity index (χ1n) is 2.92. The van der Waals surface area contributed by atoms with Gasteiger partial charge in [-0.2, -0.15) is 0 Å². The van der Waals surface area contributed by atoms with Crippen molar-refractivity contribution in [2.24, 2.45) is 0 Å². The van der Waals surface area contributed by atoms with E-state index in [1.807, 2.05) is 0 Å². The largest absolute Gasteiger partial charge is 0.478 e. The second-order valence-corrected chi connectivity index (χ2v) is 1.72. The van der Waals surface area contributed by atoms with Crippen LogP contribution in [0.1, 0.15) is 6.42 Å². The van der Waals surface area contributed by atoms with Gasteiger partial charge in [0.15, 0.2) is 0 Å². The zero-order valence-corrected chi connectivity index (χ0v) is 5.73. The number of hydrogen-bond acceptors (Lipinski definition) is 2. The van der Waals surface area contributed by atoms with Crippen molar-refractivity contribution >= 4 is 11.9 Å². The molecule has 0 radical (unpaired) electrons. The van der Waals surface area contributed by atoms with Crippen LogP contribution in [0.3, 0.4) is 0 Å². The summed E-state index contributed by atoms with van der Waals surface area (Å²) in [5.74, 6) is -2.07. The van der Waals surface area contributed by atoms with Crippen LogP contribution in [0.4, 0.5) is 0 Å². The Labute approximate surface area is 63.5 Å². The van der Waals surface area contributed by atoms with Crippen molar-refractivity contribution in [2.45, 2.75) is 6.42 Å². The van der Waals surface area contributed by atoms with Gasteiger partial charge >= 0.3 is 11.9 Å². The Morgan fingerprint density at radius 2 is 1.36 bits per heavy atom. The lowest BCUT2D eigenvalue weighted by molar-refractivity contribution is -0.132. The summed E-state index contributed by atoms with van der Waals surface area (Å²) >= 11 is 0. The lowest BCUT2D eigenvalue weighted by Gasteiger charge is -1.79. The van der Waals surface area contributed by atoms with Gasteiger partial charge in [0, 0.05) is 12.2 Å². The van der Waals surface area contributed by atoms with E-state index in [2.05, 4.69) is 0 Å². The first kappa shape index (κ1) is 9.42. The summed E-state index contributed by atoms with van der Waals surface area (Å²) in [5, 5.41) is 16.2. The standard InChI is InChI=1S/C7H8O4/c8-6(9)4-2-1-3-5-7(10)11/h2-5H,1H2,(H,8,9)(H,10,11)/b4-2+,5-3+. The Balaban J connectivity index is 3.57. The third-order valence-corrected chi connectivity index (χ3v) is 0.793. The zero-order valence-electron chi connectivity index (χ0n) is 5.73. The van der Waals surface area contributed by atoms with E-state index in [-0.39, 0.29) is 0 Å². The van der Waals surface area contributed by atoms with Crippen molar-refractivity contribution in [2.75, 3.05) is 0 Å². The highest BCUT2D eigenvalue weighted by atomic mass is 16.4. The summed E-state index contributed by atoms with van der Waals surface area (Å²) in [6.45, 7) is 0. The number of hydrogen-bond donors (Lipinski definition) is 2. The van der Waals surface area contributed by atoms with Crippen molar-refractivity contribution in [1.29, 1.82) is 0 Å². The molecule has 4 heteroatoms. The molecule has 0 saturated carbocycles. The molecule has 0 heterocycles. The average molecular weight is 156 g/mol. The number of allylic oxidation sites excluding steroid dienone is 2. The van der Waals surface area contributed by atoms with E-state index < -0.39 is 11.9 Å². The molecule has 0 aliphatic rings. The number of carboxylic acids is 2. The Bertz CT molecular complexity index is 180. The molecule has 0 rings (SSSR count). The van der Waals surface area contributed by atoms with Crippen LogP contribution in [0.2, 0.25) is 0 Å². The molecule has 0 aromatic heterocycles. The summed E-state index contributed by atoms with van der Waals surface area (Å²) in [4.78, 5) is 19.7. The second-order valence-electron chi connectivity index (χ2n) is 1.72. The molecule has 2 N–H and O–H groups in total. The molecule has 0 atom stereocenters. The van der Waals surface area contributed by atoms with Crippen molar-refractivity contribution in [3.05, 3.63) is 24.3 Å². The smallest absolute Gasteiger partial charge is 0.327 e. The van der Waals surface area contributed by atoms with Gasteiger partial charge in [-0.1, -0.05) is 12.2 Å². The fraction of sp³-hybridized carbons (Fsp3) is 0.143.